The standard InChI is InChI=1S/C14H15N3OS/c1-19-14-15-13(18)12-10-6-2-4-8(10)9-5-3-7-11(9)17(12)16-14/h2-7H2,1H3. The fourth-order valence-electron chi connectivity index (χ4n) is 3.55. The summed E-state index contributed by atoms with van der Waals surface area (Å²) in [6, 6.07) is 0. The Morgan fingerprint density at radius 1 is 1.05 bits per heavy atom. The third-order valence-electron chi connectivity index (χ3n) is 4.29. The average molecular weight is 273 g/mol. The zero-order chi connectivity index (χ0) is 13.0. The number of thioether (sulfide) groups is 1. The van der Waals surface area contributed by atoms with Gasteiger partial charge < -0.3 is 5.11 Å². The van der Waals surface area contributed by atoms with Gasteiger partial charge in [0.1, 0.15) is 0 Å². The summed E-state index contributed by atoms with van der Waals surface area (Å²) in [7, 11) is 0. The number of pyridine rings is 1. The molecule has 0 amide bonds. The van der Waals surface area contributed by atoms with Crippen LogP contribution in [-0.2, 0) is 25.7 Å². The third-order valence-corrected chi connectivity index (χ3v) is 4.83. The molecule has 0 saturated carbocycles. The highest BCUT2D eigenvalue weighted by Gasteiger charge is 2.33. The largest absolute Gasteiger partial charge is 0.854 e. The molecule has 0 bridgehead atoms. The maximum Gasteiger partial charge on any atom is 0.254 e. The molecule has 0 unspecified atom stereocenters. The van der Waals surface area contributed by atoms with E-state index in [1.807, 2.05) is 10.8 Å². The van der Waals surface area contributed by atoms with Crippen molar-refractivity contribution in [1.29, 1.82) is 0 Å². The molecule has 2 aromatic heterocycles. The van der Waals surface area contributed by atoms with Crippen molar-refractivity contribution in [1.82, 2.24) is 10.1 Å². The van der Waals surface area contributed by atoms with Gasteiger partial charge in [-0.3, -0.25) is 0 Å². The lowest BCUT2D eigenvalue weighted by molar-refractivity contribution is -0.597. The molecule has 2 aliphatic carbocycles. The monoisotopic (exact) mass is 273 g/mol. The first-order chi connectivity index (χ1) is 9.29. The summed E-state index contributed by atoms with van der Waals surface area (Å²) in [4.78, 5) is 4.10. The fourth-order valence-corrected chi connectivity index (χ4v) is 3.89. The predicted molar refractivity (Wildman–Crippen MR) is 70.5 cm³/mol. The molecule has 0 atom stereocenters. The van der Waals surface area contributed by atoms with E-state index in [9.17, 15) is 5.11 Å². The molecule has 4 nitrogen and oxygen atoms in total. The van der Waals surface area contributed by atoms with Crippen LogP contribution in [0.15, 0.2) is 5.16 Å². The first-order valence-electron chi connectivity index (χ1n) is 6.80. The molecule has 98 valence electrons. The molecule has 2 aliphatic rings. The van der Waals surface area contributed by atoms with E-state index in [2.05, 4.69) is 10.1 Å². The third kappa shape index (κ3) is 1.51. The molecular formula is C14H15N3OS. The molecule has 0 saturated heterocycles. The number of aryl methyl sites for hydroxylation is 2. The maximum absolute atomic E-state index is 12.3. The predicted octanol–water partition coefficient (Wildman–Crippen LogP) is 0.988. The van der Waals surface area contributed by atoms with E-state index in [1.54, 1.807) is 0 Å². The smallest absolute Gasteiger partial charge is 0.254 e. The van der Waals surface area contributed by atoms with E-state index in [0.29, 0.717) is 5.16 Å². The molecule has 0 aromatic carbocycles. The summed E-state index contributed by atoms with van der Waals surface area (Å²) in [5.41, 5.74) is 6.12. The Bertz CT molecular complexity index is 699. The van der Waals surface area contributed by atoms with Crippen LogP contribution < -0.4 is 9.62 Å². The Morgan fingerprint density at radius 3 is 2.63 bits per heavy atom. The summed E-state index contributed by atoms with van der Waals surface area (Å²) in [6.45, 7) is 0. The van der Waals surface area contributed by atoms with Crippen molar-refractivity contribution < 1.29 is 9.62 Å². The van der Waals surface area contributed by atoms with Crippen molar-refractivity contribution in [2.45, 2.75) is 43.7 Å². The van der Waals surface area contributed by atoms with E-state index < -0.39 is 0 Å². The number of aromatic nitrogens is 3. The van der Waals surface area contributed by atoms with Crippen LogP contribution in [0.4, 0.5) is 0 Å². The van der Waals surface area contributed by atoms with Crippen molar-refractivity contribution in [3.05, 3.63) is 22.4 Å². The highest BCUT2D eigenvalue weighted by molar-refractivity contribution is 7.98. The number of nitrogens with zero attached hydrogens (tertiary/aromatic N) is 3. The van der Waals surface area contributed by atoms with Crippen LogP contribution in [0, 0.1) is 0 Å². The Morgan fingerprint density at radius 2 is 1.79 bits per heavy atom. The van der Waals surface area contributed by atoms with Crippen LogP contribution in [0.2, 0.25) is 0 Å². The van der Waals surface area contributed by atoms with Gasteiger partial charge in [-0.05, 0) is 48.4 Å². The lowest BCUT2D eigenvalue weighted by atomic mass is 10.0. The normalized spacial score (nSPS) is 16.9. The Balaban J connectivity index is 2.17. The first kappa shape index (κ1) is 11.5. The van der Waals surface area contributed by atoms with Gasteiger partial charge in [0.05, 0.1) is 5.88 Å². The molecule has 2 aromatic rings. The van der Waals surface area contributed by atoms with Crippen molar-refractivity contribution in [2.75, 3.05) is 6.26 Å². The molecule has 2 heterocycles. The second kappa shape index (κ2) is 4.07. The van der Waals surface area contributed by atoms with Gasteiger partial charge in [-0.1, -0.05) is 11.8 Å². The highest BCUT2D eigenvalue weighted by atomic mass is 32.2. The van der Waals surface area contributed by atoms with E-state index in [1.165, 1.54) is 40.6 Å². The molecule has 0 fully saturated rings. The van der Waals surface area contributed by atoms with Crippen LogP contribution in [-0.4, -0.2) is 16.3 Å². The topological polar surface area (TPSA) is 52.9 Å². The number of hydrogen-bond acceptors (Lipinski definition) is 4. The van der Waals surface area contributed by atoms with E-state index >= 15 is 0 Å². The summed E-state index contributed by atoms with van der Waals surface area (Å²) >= 11 is 1.43. The summed E-state index contributed by atoms with van der Waals surface area (Å²) in [5, 5.41) is 17.5. The minimum Gasteiger partial charge on any atom is -0.854 e. The average Bonchev–Trinajstić information content (AvgIpc) is 3.06. The Kier molecular flexibility index (Phi) is 2.45. The summed E-state index contributed by atoms with van der Waals surface area (Å²) in [5.74, 6) is -0.104. The van der Waals surface area contributed by atoms with Crippen molar-refractivity contribution >= 4 is 17.3 Å². The van der Waals surface area contributed by atoms with E-state index in [4.69, 9.17) is 0 Å². The summed E-state index contributed by atoms with van der Waals surface area (Å²) < 4.78 is 1.91. The van der Waals surface area contributed by atoms with Gasteiger partial charge >= 0.3 is 0 Å². The SMILES string of the molecule is CSc1nc([O-])c2c3c(c4c([n+]2n1)CCC4)CCC3. The maximum atomic E-state index is 12.3. The highest BCUT2D eigenvalue weighted by Crippen LogP contribution is 2.34. The second-order valence-corrected chi connectivity index (χ2v) is 6.03. The fraction of sp³-hybridized carbons (Fsp3) is 0.500. The molecule has 5 heteroatoms. The Hall–Kier alpha value is -1.36. The molecule has 4 rings (SSSR count). The van der Waals surface area contributed by atoms with Gasteiger partial charge in [0, 0.05) is 22.6 Å². The Labute approximate surface area is 115 Å². The van der Waals surface area contributed by atoms with Crippen molar-refractivity contribution in [3.63, 3.8) is 0 Å². The zero-order valence-corrected chi connectivity index (χ0v) is 11.7. The number of hydrogen-bond donors (Lipinski definition) is 0. The van der Waals surface area contributed by atoms with Gasteiger partial charge in [-0.25, -0.2) is 4.98 Å². The van der Waals surface area contributed by atoms with Gasteiger partial charge in [0.25, 0.3) is 10.7 Å². The minimum absolute atomic E-state index is 0.104. The molecular weight excluding hydrogens is 258 g/mol. The zero-order valence-electron chi connectivity index (χ0n) is 10.9. The van der Waals surface area contributed by atoms with Crippen molar-refractivity contribution in [3.8, 4) is 5.88 Å². The van der Waals surface area contributed by atoms with Gasteiger partial charge in [-0.2, -0.15) is 0 Å². The molecule has 0 radical (unpaired) electrons. The summed E-state index contributed by atoms with van der Waals surface area (Å²) in [6.07, 6.45) is 8.56. The first-order valence-corrected chi connectivity index (χ1v) is 8.02. The van der Waals surface area contributed by atoms with Gasteiger partial charge in [0.15, 0.2) is 0 Å². The van der Waals surface area contributed by atoms with Crippen LogP contribution in [0.25, 0.3) is 5.52 Å². The van der Waals surface area contributed by atoms with Crippen LogP contribution in [0.1, 0.15) is 35.2 Å². The molecule has 0 spiro atoms. The number of fused-ring (bicyclic) bond motifs is 6. The molecule has 19 heavy (non-hydrogen) atoms. The minimum atomic E-state index is -0.104. The van der Waals surface area contributed by atoms with Crippen LogP contribution >= 0.6 is 11.8 Å². The van der Waals surface area contributed by atoms with Crippen molar-refractivity contribution in [2.24, 2.45) is 0 Å². The lowest BCUT2D eigenvalue weighted by Gasteiger charge is -2.11. The van der Waals surface area contributed by atoms with Gasteiger partial charge in [0.2, 0.25) is 5.69 Å². The van der Waals surface area contributed by atoms with E-state index in [-0.39, 0.29) is 5.88 Å². The molecule has 0 aliphatic heterocycles. The van der Waals surface area contributed by atoms with E-state index in [0.717, 1.165) is 37.6 Å². The van der Waals surface area contributed by atoms with Gasteiger partial charge in [-0.15, -0.1) is 0 Å². The quantitative estimate of drug-likeness (QED) is 0.574. The second-order valence-electron chi connectivity index (χ2n) is 5.25. The lowest BCUT2D eigenvalue weighted by Crippen LogP contribution is -2.36. The molecule has 0 N–H and O–H groups in total. The number of rotatable bonds is 1. The van der Waals surface area contributed by atoms with Crippen LogP contribution in [0.5, 0.6) is 5.88 Å². The van der Waals surface area contributed by atoms with Crippen LogP contribution in [0.3, 0.4) is 0 Å².